The van der Waals surface area contributed by atoms with Gasteiger partial charge in [-0.3, -0.25) is 4.98 Å². The molecular formula is C15H17N3S. The Labute approximate surface area is 118 Å². The van der Waals surface area contributed by atoms with E-state index in [2.05, 4.69) is 22.4 Å². The standard InChI is InChI=1S/C15H17N3S/c1-10-3-6-13(15(16)19)14(7-10)18-9-12-5-4-11(2)17-8-12/h3-8,18H,9H2,1-2H3,(H2,16,19). The molecule has 1 aromatic carbocycles. The third kappa shape index (κ3) is 3.51. The third-order valence-electron chi connectivity index (χ3n) is 2.90. The first kappa shape index (κ1) is 13.5. The summed E-state index contributed by atoms with van der Waals surface area (Å²) in [6, 6.07) is 10.1. The van der Waals surface area contributed by atoms with Crippen LogP contribution in [0.15, 0.2) is 36.5 Å². The van der Waals surface area contributed by atoms with E-state index in [1.807, 2.05) is 38.2 Å². The Morgan fingerprint density at radius 3 is 2.68 bits per heavy atom. The van der Waals surface area contributed by atoms with Gasteiger partial charge in [-0.1, -0.05) is 24.4 Å². The Morgan fingerprint density at radius 1 is 1.26 bits per heavy atom. The number of benzene rings is 1. The fraction of sp³-hybridized carbons (Fsp3) is 0.200. The molecule has 1 aromatic heterocycles. The molecule has 0 saturated carbocycles. The summed E-state index contributed by atoms with van der Waals surface area (Å²) in [6.07, 6.45) is 1.87. The molecule has 0 bridgehead atoms. The lowest BCUT2D eigenvalue weighted by molar-refractivity contribution is 1.08. The molecule has 98 valence electrons. The van der Waals surface area contributed by atoms with Gasteiger partial charge in [-0.25, -0.2) is 0 Å². The first-order valence-corrected chi connectivity index (χ1v) is 6.53. The lowest BCUT2D eigenvalue weighted by Gasteiger charge is -2.12. The molecule has 3 nitrogen and oxygen atoms in total. The summed E-state index contributed by atoms with van der Waals surface area (Å²) in [5.41, 5.74) is 10.9. The maximum Gasteiger partial charge on any atom is 0.106 e. The quantitative estimate of drug-likeness (QED) is 0.839. The molecule has 0 unspecified atom stereocenters. The first-order valence-electron chi connectivity index (χ1n) is 6.12. The van der Waals surface area contributed by atoms with E-state index in [9.17, 15) is 0 Å². The Balaban J connectivity index is 2.16. The van der Waals surface area contributed by atoms with Crippen LogP contribution in [-0.4, -0.2) is 9.97 Å². The zero-order valence-corrected chi connectivity index (χ0v) is 11.9. The van der Waals surface area contributed by atoms with Gasteiger partial charge < -0.3 is 11.1 Å². The zero-order valence-electron chi connectivity index (χ0n) is 11.1. The molecule has 2 aromatic rings. The van der Waals surface area contributed by atoms with E-state index in [1.54, 1.807) is 0 Å². The molecule has 0 radical (unpaired) electrons. The van der Waals surface area contributed by atoms with E-state index >= 15 is 0 Å². The van der Waals surface area contributed by atoms with Gasteiger partial charge in [0.2, 0.25) is 0 Å². The van der Waals surface area contributed by atoms with Gasteiger partial charge in [0.1, 0.15) is 4.99 Å². The van der Waals surface area contributed by atoms with Crippen LogP contribution in [-0.2, 0) is 6.54 Å². The normalized spacial score (nSPS) is 10.2. The smallest absolute Gasteiger partial charge is 0.106 e. The number of hydrogen-bond donors (Lipinski definition) is 2. The highest BCUT2D eigenvalue weighted by Gasteiger charge is 2.05. The average molecular weight is 271 g/mol. The minimum Gasteiger partial charge on any atom is -0.389 e. The number of nitrogens with zero attached hydrogens (tertiary/aromatic N) is 1. The minimum absolute atomic E-state index is 0.407. The molecule has 0 fully saturated rings. The second kappa shape index (κ2) is 5.80. The second-order valence-corrected chi connectivity index (χ2v) is 5.01. The van der Waals surface area contributed by atoms with E-state index in [0.717, 1.165) is 22.5 Å². The van der Waals surface area contributed by atoms with E-state index < -0.39 is 0 Å². The van der Waals surface area contributed by atoms with Crippen LogP contribution in [0.25, 0.3) is 0 Å². The Morgan fingerprint density at radius 2 is 2.05 bits per heavy atom. The Bertz CT molecular complexity index is 591. The summed E-state index contributed by atoms with van der Waals surface area (Å²) in [7, 11) is 0. The van der Waals surface area contributed by atoms with Gasteiger partial charge in [0.05, 0.1) is 0 Å². The molecule has 3 N–H and O–H groups in total. The number of hydrogen-bond acceptors (Lipinski definition) is 3. The average Bonchev–Trinajstić information content (AvgIpc) is 2.38. The molecule has 0 atom stereocenters. The van der Waals surface area contributed by atoms with Crippen molar-refractivity contribution >= 4 is 22.9 Å². The van der Waals surface area contributed by atoms with Gasteiger partial charge in [0.15, 0.2) is 0 Å². The molecule has 0 amide bonds. The predicted molar refractivity (Wildman–Crippen MR) is 83.4 cm³/mol. The van der Waals surface area contributed by atoms with Crippen LogP contribution in [0, 0.1) is 13.8 Å². The summed E-state index contributed by atoms with van der Waals surface area (Å²) in [6.45, 7) is 4.72. The molecule has 0 saturated heterocycles. The fourth-order valence-corrected chi connectivity index (χ4v) is 2.00. The van der Waals surface area contributed by atoms with E-state index in [1.165, 1.54) is 5.56 Å². The van der Waals surface area contributed by atoms with Gasteiger partial charge in [-0.15, -0.1) is 0 Å². The number of nitrogens with two attached hydrogens (primary N) is 1. The van der Waals surface area contributed by atoms with Crippen molar-refractivity contribution in [2.75, 3.05) is 5.32 Å². The number of nitrogens with one attached hydrogen (secondary N) is 1. The zero-order chi connectivity index (χ0) is 13.8. The van der Waals surface area contributed by atoms with Crippen LogP contribution in [0.5, 0.6) is 0 Å². The number of rotatable bonds is 4. The van der Waals surface area contributed by atoms with Crippen molar-refractivity contribution in [2.45, 2.75) is 20.4 Å². The van der Waals surface area contributed by atoms with Crippen molar-refractivity contribution in [1.82, 2.24) is 4.98 Å². The van der Waals surface area contributed by atoms with Crippen molar-refractivity contribution in [3.63, 3.8) is 0 Å². The summed E-state index contributed by atoms with van der Waals surface area (Å²) >= 11 is 5.07. The highest BCUT2D eigenvalue weighted by atomic mass is 32.1. The van der Waals surface area contributed by atoms with E-state index in [-0.39, 0.29) is 0 Å². The Kier molecular flexibility index (Phi) is 4.12. The van der Waals surface area contributed by atoms with Gasteiger partial charge in [0, 0.05) is 29.7 Å². The van der Waals surface area contributed by atoms with E-state index in [0.29, 0.717) is 11.5 Å². The third-order valence-corrected chi connectivity index (χ3v) is 3.12. The van der Waals surface area contributed by atoms with Crippen LogP contribution in [0.2, 0.25) is 0 Å². The van der Waals surface area contributed by atoms with Crippen LogP contribution in [0.1, 0.15) is 22.4 Å². The maximum atomic E-state index is 5.73. The summed E-state index contributed by atoms with van der Waals surface area (Å²) in [5.74, 6) is 0. The highest BCUT2D eigenvalue weighted by molar-refractivity contribution is 7.80. The van der Waals surface area contributed by atoms with Crippen LogP contribution < -0.4 is 11.1 Å². The second-order valence-electron chi connectivity index (χ2n) is 4.57. The van der Waals surface area contributed by atoms with Crippen LogP contribution in [0.3, 0.4) is 0 Å². The molecule has 2 rings (SSSR count). The van der Waals surface area contributed by atoms with Crippen molar-refractivity contribution in [3.05, 3.63) is 58.9 Å². The summed E-state index contributed by atoms with van der Waals surface area (Å²) < 4.78 is 0. The van der Waals surface area contributed by atoms with Crippen LogP contribution >= 0.6 is 12.2 Å². The van der Waals surface area contributed by atoms with Crippen molar-refractivity contribution in [1.29, 1.82) is 0 Å². The summed E-state index contributed by atoms with van der Waals surface area (Å²) in [5, 5.41) is 3.36. The molecule has 1 heterocycles. The monoisotopic (exact) mass is 271 g/mol. The molecule has 0 aliphatic carbocycles. The van der Waals surface area contributed by atoms with Crippen molar-refractivity contribution < 1.29 is 0 Å². The predicted octanol–water partition coefficient (Wildman–Crippen LogP) is 2.94. The highest BCUT2D eigenvalue weighted by Crippen LogP contribution is 2.18. The number of aromatic nitrogens is 1. The number of aryl methyl sites for hydroxylation is 2. The molecule has 4 heteroatoms. The van der Waals surface area contributed by atoms with Crippen molar-refractivity contribution in [2.24, 2.45) is 5.73 Å². The lowest BCUT2D eigenvalue weighted by atomic mass is 10.1. The summed E-state index contributed by atoms with van der Waals surface area (Å²) in [4.78, 5) is 4.68. The molecule has 19 heavy (non-hydrogen) atoms. The van der Waals surface area contributed by atoms with Crippen LogP contribution in [0.4, 0.5) is 5.69 Å². The minimum atomic E-state index is 0.407. The van der Waals surface area contributed by atoms with Gasteiger partial charge in [-0.05, 0) is 43.2 Å². The van der Waals surface area contributed by atoms with Gasteiger partial charge in [0.25, 0.3) is 0 Å². The number of thiocarbonyl (C=S) groups is 1. The van der Waals surface area contributed by atoms with Crippen molar-refractivity contribution in [3.8, 4) is 0 Å². The maximum absolute atomic E-state index is 5.73. The molecule has 0 aliphatic heterocycles. The molecule has 0 aliphatic rings. The Hall–Kier alpha value is -1.94. The van der Waals surface area contributed by atoms with Gasteiger partial charge in [-0.2, -0.15) is 0 Å². The molecular weight excluding hydrogens is 254 g/mol. The fourth-order valence-electron chi connectivity index (χ4n) is 1.82. The van der Waals surface area contributed by atoms with Gasteiger partial charge >= 0.3 is 0 Å². The largest absolute Gasteiger partial charge is 0.389 e. The van der Waals surface area contributed by atoms with E-state index in [4.69, 9.17) is 18.0 Å². The SMILES string of the molecule is Cc1ccc(C(N)=S)c(NCc2ccc(C)nc2)c1. The number of pyridine rings is 1. The topological polar surface area (TPSA) is 50.9 Å². The first-order chi connectivity index (χ1) is 9.06. The lowest BCUT2D eigenvalue weighted by Crippen LogP contribution is -2.13. The molecule has 0 spiro atoms. The number of anilines is 1.